The molecule has 0 bridgehead atoms. The first-order chi connectivity index (χ1) is 10.1. The molecule has 0 radical (unpaired) electrons. The van der Waals surface area contributed by atoms with Crippen LogP contribution >= 0.6 is 23.2 Å². The quantitative estimate of drug-likeness (QED) is 0.769. The van der Waals surface area contributed by atoms with Crippen LogP contribution < -0.4 is 15.8 Å². The maximum absolute atomic E-state index is 6.24. The second-order valence-corrected chi connectivity index (χ2v) is 4.80. The van der Waals surface area contributed by atoms with Gasteiger partial charge in [0.15, 0.2) is 16.7 Å². The van der Waals surface area contributed by atoms with Crippen LogP contribution in [0.3, 0.4) is 0 Å². The number of nitrogens with two attached hydrogens (primary N) is 1. The summed E-state index contributed by atoms with van der Waals surface area (Å²) in [6.07, 6.45) is 6.17. The highest BCUT2D eigenvalue weighted by Gasteiger charge is 2.16. The number of nitrogens with zero attached hydrogens (tertiary/aromatic N) is 4. The van der Waals surface area contributed by atoms with E-state index in [9.17, 15) is 0 Å². The van der Waals surface area contributed by atoms with E-state index in [1.807, 2.05) is 0 Å². The molecule has 0 fully saturated rings. The lowest BCUT2D eigenvalue weighted by Crippen LogP contribution is -2.00. The number of aromatic nitrogens is 4. The molecular formula is C12H10Cl2N6O. The van der Waals surface area contributed by atoms with Crippen LogP contribution in [0.25, 0.3) is 5.52 Å². The van der Waals surface area contributed by atoms with Crippen LogP contribution in [0.15, 0.2) is 24.8 Å². The van der Waals surface area contributed by atoms with Gasteiger partial charge >= 0.3 is 0 Å². The van der Waals surface area contributed by atoms with Crippen LogP contribution in [0.5, 0.6) is 11.5 Å². The fourth-order valence-electron chi connectivity index (χ4n) is 1.87. The van der Waals surface area contributed by atoms with Crippen LogP contribution in [0.4, 0.5) is 11.5 Å². The first-order valence-electron chi connectivity index (χ1n) is 5.89. The molecule has 0 aliphatic carbocycles. The van der Waals surface area contributed by atoms with Gasteiger partial charge in [-0.25, -0.2) is 14.5 Å². The maximum atomic E-state index is 6.24. The Labute approximate surface area is 129 Å². The van der Waals surface area contributed by atoms with Gasteiger partial charge < -0.3 is 15.8 Å². The van der Waals surface area contributed by atoms with E-state index in [-0.39, 0.29) is 11.0 Å². The van der Waals surface area contributed by atoms with Gasteiger partial charge in [-0.3, -0.25) is 0 Å². The summed E-state index contributed by atoms with van der Waals surface area (Å²) in [5, 5.41) is 7.60. The molecule has 0 spiro atoms. The molecule has 7 nitrogen and oxygen atoms in total. The lowest BCUT2D eigenvalue weighted by molar-refractivity contribution is 0.486. The third-order valence-corrected chi connectivity index (χ3v) is 3.49. The van der Waals surface area contributed by atoms with E-state index < -0.39 is 0 Å². The second kappa shape index (κ2) is 5.27. The SMILES string of the molecule is CNc1c(N)ncc(Oc2cnn3ccnc(Cl)c23)c1Cl. The van der Waals surface area contributed by atoms with Gasteiger partial charge in [0.2, 0.25) is 0 Å². The second-order valence-electron chi connectivity index (χ2n) is 4.07. The number of rotatable bonds is 3. The summed E-state index contributed by atoms with van der Waals surface area (Å²) in [6.45, 7) is 0. The van der Waals surface area contributed by atoms with Gasteiger partial charge in [0.05, 0.1) is 18.1 Å². The average molecular weight is 325 g/mol. The van der Waals surface area contributed by atoms with E-state index in [0.29, 0.717) is 27.7 Å². The van der Waals surface area contributed by atoms with E-state index >= 15 is 0 Å². The number of hydrogen-bond acceptors (Lipinski definition) is 6. The minimum atomic E-state index is 0.276. The number of hydrogen-bond donors (Lipinski definition) is 2. The predicted molar refractivity (Wildman–Crippen MR) is 81.3 cm³/mol. The predicted octanol–water partition coefficient (Wildman–Crippen LogP) is 2.85. The smallest absolute Gasteiger partial charge is 0.176 e. The molecule has 0 amide bonds. The summed E-state index contributed by atoms with van der Waals surface area (Å²) in [5.41, 5.74) is 6.76. The number of fused-ring (bicyclic) bond motifs is 1. The standard InChI is InChI=1S/C12H10Cl2N6O/c1-16-9-8(13)6(4-18-12(9)15)21-7-5-19-20-3-2-17-11(14)10(7)20/h2-5,16H,1H3,(H2,15,18). The van der Waals surface area contributed by atoms with Gasteiger partial charge in [0.25, 0.3) is 0 Å². The van der Waals surface area contributed by atoms with Crippen molar-refractivity contribution in [3.63, 3.8) is 0 Å². The molecule has 0 atom stereocenters. The highest BCUT2D eigenvalue weighted by atomic mass is 35.5. The molecule has 0 saturated carbocycles. The molecule has 0 aliphatic rings. The van der Waals surface area contributed by atoms with Crippen molar-refractivity contribution in [3.05, 3.63) is 35.0 Å². The topological polar surface area (TPSA) is 90.4 Å². The van der Waals surface area contributed by atoms with Gasteiger partial charge in [-0.1, -0.05) is 23.2 Å². The number of pyridine rings is 1. The molecule has 3 N–H and O–H groups in total. The van der Waals surface area contributed by atoms with Crippen molar-refractivity contribution >= 4 is 40.2 Å². The van der Waals surface area contributed by atoms with Gasteiger partial charge in [0.1, 0.15) is 16.4 Å². The molecule has 0 aromatic carbocycles. The van der Waals surface area contributed by atoms with Crippen molar-refractivity contribution < 1.29 is 4.74 Å². The zero-order valence-corrected chi connectivity index (χ0v) is 12.4. The van der Waals surface area contributed by atoms with Crippen molar-refractivity contribution in [3.8, 4) is 11.5 Å². The number of ether oxygens (including phenoxy) is 1. The fourth-order valence-corrected chi connectivity index (χ4v) is 2.38. The summed E-state index contributed by atoms with van der Waals surface area (Å²) >= 11 is 12.3. The van der Waals surface area contributed by atoms with Crippen molar-refractivity contribution in [2.75, 3.05) is 18.1 Å². The van der Waals surface area contributed by atoms with Crippen molar-refractivity contribution in [1.82, 2.24) is 19.6 Å². The average Bonchev–Trinajstić information content (AvgIpc) is 2.87. The molecule has 3 rings (SSSR count). The molecule has 0 unspecified atom stereocenters. The van der Waals surface area contributed by atoms with Crippen molar-refractivity contribution in [1.29, 1.82) is 0 Å². The van der Waals surface area contributed by atoms with Gasteiger partial charge in [-0.15, -0.1) is 0 Å². The van der Waals surface area contributed by atoms with E-state index in [2.05, 4.69) is 20.4 Å². The number of anilines is 2. The first-order valence-corrected chi connectivity index (χ1v) is 6.65. The minimum absolute atomic E-state index is 0.276. The van der Waals surface area contributed by atoms with E-state index in [0.717, 1.165) is 0 Å². The lowest BCUT2D eigenvalue weighted by atomic mass is 10.3. The Morgan fingerprint density at radius 3 is 2.81 bits per heavy atom. The third kappa shape index (κ3) is 2.30. The zero-order chi connectivity index (χ0) is 15.0. The molecule has 0 aliphatic heterocycles. The maximum Gasteiger partial charge on any atom is 0.176 e. The van der Waals surface area contributed by atoms with E-state index in [1.165, 1.54) is 12.4 Å². The Hall–Kier alpha value is -2.25. The number of nitrogens with one attached hydrogen (secondary N) is 1. The largest absolute Gasteiger partial charge is 0.450 e. The Kier molecular flexibility index (Phi) is 3.44. The van der Waals surface area contributed by atoms with Gasteiger partial charge in [-0.2, -0.15) is 5.10 Å². The molecule has 0 saturated heterocycles. The lowest BCUT2D eigenvalue weighted by Gasteiger charge is -2.11. The first kappa shape index (κ1) is 13.7. The van der Waals surface area contributed by atoms with Crippen LogP contribution in [0.2, 0.25) is 10.2 Å². The Morgan fingerprint density at radius 1 is 1.24 bits per heavy atom. The molecule has 108 valence electrons. The summed E-state index contributed by atoms with van der Waals surface area (Å²) in [4.78, 5) is 8.02. The molecule has 3 heterocycles. The highest BCUT2D eigenvalue weighted by molar-refractivity contribution is 6.35. The van der Waals surface area contributed by atoms with Crippen LogP contribution in [-0.2, 0) is 0 Å². The molecule has 21 heavy (non-hydrogen) atoms. The van der Waals surface area contributed by atoms with E-state index in [1.54, 1.807) is 24.0 Å². The van der Waals surface area contributed by atoms with Crippen LogP contribution in [-0.4, -0.2) is 26.6 Å². The summed E-state index contributed by atoms with van der Waals surface area (Å²) in [5.74, 6) is 1.04. The fraction of sp³-hybridized carbons (Fsp3) is 0.0833. The Balaban J connectivity index is 2.07. The monoisotopic (exact) mass is 324 g/mol. The molecule has 3 aromatic rings. The van der Waals surface area contributed by atoms with Crippen LogP contribution in [0, 0.1) is 0 Å². The van der Waals surface area contributed by atoms with E-state index in [4.69, 9.17) is 33.7 Å². The van der Waals surface area contributed by atoms with Crippen LogP contribution in [0.1, 0.15) is 0 Å². The summed E-state index contributed by atoms with van der Waals surface area (Å²) in [6, 6.07) is 0. The Bertz CT molecular complexity index is 819. The van der Waals surface area contributed by atoms with Crippen molar-refractivity contribution in [2.45, 2.75) is 0 Å². The van der Waals surface area contributed by atoms with Gasteiger partial charge in [-0.05, 0) is 0 Å². The normalized spacial score (nSPS) is 10.8. The minimum Gasteiger partial charge on any atom is -0.450 e. The summed E-state index contributed by atoms with van der Waals surface area (Å²) < 4.78 is 7.30. The molecule has 9 heteroatoms. The summed E-state index contributed by atoms with van der Waals surface area (Å²) in [7, 11) is 1.69. The van der Waals surface area contributed by atoms with Crippen molar-refractivity contribution in [2.24, 2.45) is 0 Å². The number of nitrogen functional groups attached to an aromatic ring is 1. The Morgan fingerprint density at radius 2 is 2.05 bits per heavy atom. The highest BCUT2D eigenvalue weighted by Crippen LogP contribution is 2.38. The molecule has 3 aromatic heterocycles. The zero-order valence-electron chi connectivity index (χ0n) is 10.8. The third-order valence-electron chi connectivity index (χ3n) is 2.84. The van der Waals surface area contributed by atoms with Gasteiger partial charge in [0, 0.05) is 19.4 Å². The molecular weight excluding hydrogens is 315 g/mol. The number of halogens is 2.